The van der Waals surface area contributed by atoms with Gasteiger partial charge in [0.25, 0.3) is 0 Å². The Morgan fingerprint density at radius 3 is 2.59 bits per heavy atom. The second-order valence-corrected chi connectivity index (χ2v) is 7.81. The van der Waals surface area contributed by atoms with E-state index >= 15 is 0 Å². The summed E-state index contributed by atoms with van der Waals surface area (Å²) in [6.07, 6.45) is 3.43. The average molecular weight is 394 g/mol. The van der Waals surface area contributed by atoms with Gasteiger partial charge in [0.05, 0.1) is 0 Å². The molecular formula is C23H26N2O4. The Morgan fingerprint density at radius 1 is 1.07 bits per heavy atom. The van der Waals surface area contributed by atoms with Gasteiger partial charge in [-0.3, -0.25) is 4.79 Å². The molecule has 1 saturated carbocycles. The smallest absolute Gasteiger partial charge is 0.407 e. The van der Waals surface area contributed by atoms with Crippen LogP contribution in [0.3, 0.4) is 0 Å². The molecule has 6 heteroatoms. The molecule has 1 heterocycles. The number of alkyl carbamates (subject to hydrolysis) is 1. The summed E-state index contributed by atoms with van der Waals surface area (Å²) in [5.41, 5.74) is 2.89. The van der Waals surface area contributed by atoms with Crippen molar-refractivity contribution in [3.63, 3.8) is 0 Å². The molecular weight excluding hydrogens is 368 g/mol. The fraction of sp³-hybridized carbons (Fsp3) is 0.391. The highest BCUT2D eigenvalue weighted by Crippen LogP contribution is 2.34. The zero-order valence-corrected chi connectivity index (χ0v) is 16.3. The van der Waals surface area contributed by atoms with Crippen LogP contribution in [-0.2, 0) is 22.6 Å². The van der Waals surface area contributed by atoms with Crippen molar-refractivity contribution in [2.24, 2.45) is 5.92 Å². The van der Waals surface area contributed by atoms with Gasteiger partial charge in [0, 0.05) is 24.2 Å². The number of nitrogens with zero attached hydrogens (tertiary/aromatic N) is 1. The summed E-state index contributed by atoms with van der Waals surface area (Å²) in [4.78, 5) is 26.9. The predicted molar refractivity (Wildman–Crippen MR) is 110 cm³/mol. The minimum absolute atomic E-state index is 0.0202. The average Bonchev–Trinajstić information content (AvgIpc) is 3.16. The molecule has 2 aliphatic rings. The summed E-state index contributed by atoms with van der Waals surface area (Å²) in [7, 11) is 0. The summed E-state index contributed by atoms with van der Waals surface area (Å²) in [5.74, 6) is 0.372. The third kappa shape index (κ3) is 4.53. The molecule has 0 unspecified atom stereocenters. The van der Waals surface area contributed by atoms with E-state index in [1.165, 1.54) is 0 Å². The van der Waals surface area contributed by atoms with E-state index in [1.807, 2.05) is 41.3 Å². The van der Waals surface area contributed by atoms with Crippen molar-refractivity contribution in [1.82, 2.24) is 5.32 Å². The van der Waals surface area contributed by atoms with Crippen molar-refractivity contribution < 1.29 is 19.4 Å². The molecule has 2 aromatic carbocycles. The molecule has 0 atom stereocenters. The lowest BCUT2D eigenvalue weighted by Crippen LogP contribution is -2.42. The maximum atomic E-state index is 13.0. The number of phenols is 1. The zero-order chi connectivity index (χ0) is 20.2. The monoisotopic (exact) mass is 394 g/mol. The van der Waals surface area contributed by atoms with Crippen LogP contribution in [0, 0.1) is 5.92 Å². The molecule has 1 fully saturated rings. The Morgan fingerprint density at radius 2 is 1.83 bits per heavy atom. The van der Waals surface area contributed by atoms with Crippen LogP contribution in [0.1, 0.15) is 36.8 Å². The van der Waals surface area contributed by atoms with Gasteiger partial charge in [-0.1, -0.05) is 30.3 Å². The number of amides is 2. The van der Waals surface area contributed by atoms with Gasteiger partial charge in [-0.15, -0.1) is 0 Å². The van der Waals surface area contributed by atoms with E-state index in [-0.39, 0.29) is 30.2 Å². The third-order valence-corrected chi connectivity index (χ3v) is 5.84. The van der Waals surface area contributed by atoms with Crippen LogP contribution in [0.2, 0.25) is 0 Å². The molecule has 152 valence electrons. The van der Waals surface area contributed by atoms with Gasteiger partial charge < -0.3 is 20.1 Å². The maximum absolute atomic E-state index is 13.0. The number of phenolic OH excluding ortho intramolecular Hbond substituents is 1. The van der Waals surface area contributed by atoms with Gasteiger partial charge in [0.15, 0.2) is 0 Å². The summed E-state index contributed by atoms with van der Waals surface area (Å²) in [6.45, 7) is 0.923. The quantitative estimate of drug-likeness (QED) is 0.827. The highest BCUT2D eigenvalue weighted by molar-refractivity contribution is 5.97. The van der Waals surface area contributed by atoms with Crippen molar-refractivity contribution in [1.29, 1.82) is 0 Å². The molecule has 4 rings (SSSR count). The third-order valence-electron chi connectivity index (χ3n) is 5.84. The lowest BCUT2D eigenvalue weighted by Gasteiger charge is -2.31. The van der Waals surface area contributed by atoms with E-state index in [0.717, 1.165) is 48.9 Å². The van der Waals surface area contributed by atoms with Gasteiger partial charge in [-0.05, 0) is 61.4 Å². The lowest BCUT2D eigenvalue weighted by molar-refractivity contribution is -0.123. The molecule has 2 aromatic rings. The number of ether oxygens (including phenoxy) is 1. The number of aromatic hydroxyl groups is 1. The number of benzene rings is 2. The van der Waals surface area contributed by atoms with Crippen molar-refractivity contribution in [3.8, 4) is 5.75 Å². The summed E-state index contributed by atoms with van der Waals surface area (Å²) in [5, 5.41) is 12.6. The van der Waals surface area contributed by atoms with Crippen LogP contribution >= 0.6 is 0 Å². The summed E-state index contributed by atoms with van der Waals surface area (Å²) in [6, 6.07) is 14.8. The Bertz CT molecular complexity index is 876. The highest BCUT2D eigenvalue weighted by Gasteiger charge is 2.33. The Kier molecular flexibility index (Phi) is 5.69. The van der Waals surface area contributed by atoms with Crippen LogP contribution in [0.4, 0.5) is 10.5 Å². The number of carbonyl (C=O) groups excluding carboxylic acids is 2. The first-order valence-electron chi connectivity index (χ1n) is 10.2. The van der Waals surface area contributed by atoms with Gasteiger partial charge in [-0.2, -0.15) is 0 Å². The van der Waals surface area contributed by atoms with Gasteiger partial charge in [0.2, 0.25) is 5.91 Å². The van der Waals surface area contributed by atoms with E-state index in [4.69, 9.17) is 4.74 Å². The Hall–Kier alpha value is -3.02. The van der Waals surface area contributed by atoms with Crippen molar-refractivity contribution in [3.05, 3.63) is 59.7 Å². The second-order valence-electron chi connectivity index (χ2n) is 7.81. The molecule has 1 aliphatic heterocycles. The van der Waals surface area contributed by atoms with E-state index in [0.29, 0.717) is 6.54 Å². The van der Waals surface area contributed by atoms with E-state index < -0.39 is 6.09 Å². The molecule has 0 radical (unpaired) electrons. The molecule has 0 bridgehead atoms. The van der Waals surface area contributed by atoms with Crippen LogP contribution in [0.5, 0.6) is 5.75 Å². The Labute approximate surface area is 170 Å². The van der Waals surface area contributed by atoms with Gasteiger partial charge in [-0.25, -0.2) is 4.79 Å². The van der Waals surface area contributed by atoms with E-state index in [2.05, 4.69) is 5.32 Å². The van der Waals surface area contributed by atoms with Gasteiger partial charge in [0.1, 0.15) is 12.4 Å². The Balaban J connectivity index is 1.24. The minimum atomic E-state index is -0.406. The van der Waals surface area contributed by atoms with E-state index in [1.54, 1.807) is 12.1 Å². The van der Waals surface area contributed by atoms with Crippen LogP contribution < -0.4 is 10.2 Å². The molecule has 0 aromatic heterocycles. The SMILES string of the molecule is O=C(NC1CCC(C(=O)N2CCc3cc(O)ccc32)CC1)OCc1ccccc1. The first-order valence-corrected chi connectivity index (χ1v) is 10.2. The van der Waals surface area contributed by atoms with Crippen molar-refractivity contribution >= 4 is 17.7 Å². The summed E-state index contributed by atoms with van der Waals surface area (Å²) >= 11 is 0. The summed E-state index contributed by atoms with van der Waals surface area (Å²) < 4.78 is 5.29. The van der Waals surface area contributed by atoms with Crippen molar-refractivity contribution in [2.45, 2.75) is 44.8 Å². The number of fused-ring (bicyclic) bond motifs is 1. The standard InChI is InChI=1S/C23H26N2O4/c26-20-10-11-21-18(14-20)12-13-25(21)22(27)17-6-8-19(9-7-17)24-23(28)29-15-16-4-2-1-3-5-16/h1-5,10-11,14,17,19,26H,6-9,12-13,15H2,(H,24,28). The first-order chi connectivity index (χ1) is 14.1. The number of hydrogen-bond acceptors (Lipinski definition) is 4. The molecule has 0 saturated heterocycles. The fourth-order valence-corrected chi connectivity index (χ4v) is 4.25. The normalized spacial score (nSPS) is 20.8. The topological polar surface area (TPSA) is 78.9 Å². The van der Waals surface area contributed by atoms with Crippen LogP contribution in [0.15, 0.2) is 48.5 Å². The van der Waals surface area contributed by atoms with Crippen LogP contribution in [0.25, 0.3) is 0 Å². The zero-order valence-electron chi connectivity index (χ0n) is 16.3. The molecule has 0 spiro atoms. The number of anilines is 1. The molecule has 2 amide bonds. The minimum Gasteiger partial charge on any atom is -0.508 e. The molecule has 2 N–H and O–H groups in total. The second kappa shape index (κ2) is 8.55. The number of nitrogens with one attached hydrogen (secondary N) is 1. The molecule has 6 nitrogen and oxygen atoms in total. The van der Waals surface area contributed by atoms with Gasteiger partial charge >= 0.3 is 6.09 Å². The number of rotatable bonds is 4. The van der Waals surface area contributed by atoms with E-state index in [9.17, 15) is 14.7 Å². The predicted octanol–water partition coefficient (Wildman–Crippen LogP) is 3.77. The highest BCUT2D eigenvalue weighted by atomic mass is 16.5. The van der Waals surface area contributed by atoms with Crippen molar-refractivity contribution in [2.75, 3.05) is 11.4 Å². The van der Waals surface area contributed by atoms with Crippen LogP contribution in [-0.4, -0.2) is 29.7 Å². The molecule has 1 aliphatic carbocycles. The molecule has 29 heavy (non-hydrogen) atoms. The number of carbonyl (C=O) groups is 2. The maximum Gasteiger partial charge on any atom is 0.407 e. The number of hydrogen-bond donors (Lipinski definition) is 2. The first kappa shape index (κ1) is 19.3. The fourth-order valence-electron chi connectivity index (χ4n) is 4.25. The lowest BCUT2D eigenvalue weighted by atomic mass is 9.85. The largest absolute Gasteiger partial charge is 0.508 e.